The summed E-state index contributed by atoms with van der Waals surface area (Å²) in [6.45, 7) is 5.96. The van der Waals surface area contributed by atoms with E-state index in [-0.39, 0.29) is 5.91 Å². The quantitative estimate of drug-likeness (QED) is 0.511. The van der Waals surface area contributed by atoms with E-state index in [0.29, 0.717) is 17.8 Å². The summed E-state index contributed by atoms with van der Waals surface area (Å²) in [4.78, 5) is 32.8. The minimum atomic E-state index is -0.566. The Morgan fingerprint density at radius 2 is 1.77 bits per heavy atom. The van der Waals surface area contributed by atoms with E-state index in [9.17, 15) is 9.59 Å². The van der Waals surface area contributed by atoms with Gasteiger partial charge >= 0.3 is 6.09 Å². The molecule has 7 nitrogen and oxygen atoms in total. The highest BCUT2D eigenvalue weighted by Crippen LogP contribution is 2.21. The van der Waals surface area contributed by atoms with Crippen LogP contribution in [0.25, 0.3) is 11.3 Å². The van der Waals surface area contributed by atoms with Crippen LogP contribution in [0.15, 0.2) is 54.2 Å². The number of nitrogens with zero attached hydrogens (tertiary/aromatic N) is 2. The van der Waals surface area contributed by atoms with Crippen molar-refractivity contribution in [2.75, 3.05) is 11.9 Å². The first-order valence-corrected chi connectivity index (χ1v) is 10.9. The van der Waals surface area contributed by atoms with Crippen LogP contribution in [0.5, 0.6) is 0 Å². The Labute approximate surface area is 185 Å². The van der Waals surface area contributed by atoms with Gasteiger partial charge in [0.25, 0.3) is 5.91 Å². The lowest BCUT2D eigenvalue weighted by Crippen LogP contribution is -2.27. The molecule has 0 spiro atoms. The van der Waals surface area contributed by atoms with Crippen LogP contribution < -0.4 is 10.6 Å². The Morgan fingerprint density at radius 3 is 2.45 bits per heavy atom. The summed E-state index contributed by atoms with van der Waals surface area (Å²) in [5, 5.41) is 8.64. The molecule has 0 bridgehead atoms. The second kappa shape index (κ2) is 10.2. The molecule has 2 amide bonds. The number of carbonyl (C=O) groups is 2. The zero-order chi connectivity index (χ0) is 22.3. The summed E-state index contributed by atoms with van der Waals surface area (Å²) in [5.74, 6) is -0.152. The lowest BCUT2D eigenvalue weighted by atomic mass is 10.2. The fourth-order valence-electron chi connectivity index (χ4n) is 2.75. The van der Waals surface area contributed by atoms with Gasteiger partial charge in [0.05, 0.1) is 10.7 Å². The van der Waals surface area contributed by atoms with Crippen molar-refractivity contribution in [1.82, 2.24) is 15.3 Å². The number of rotatable bonds is 7. The van der Waals surface area contributed by atoms with Crippen LogP contribution in [-0.2, 0) is 11.2 Å². The van der Waals surface area contributed by atoms with E-state index in [0.717, 1.165) is 29.1 Å². The van der Waals surface area contributed by atoms with Gasteiger partial charge in [0.2, 0.25) is 0 Å². The lowest BCUT2D eigenvalue weighted by molar-refractivity contribution is 0.0635. The molecule has 31 heavy (non-hydrogen) atoms. The molecule has 0 saturated carbocycles. The normalized spacial score (nSPS) is 11.1. The van der Waals surface area contributed by atoms with Crippen LogP contribution in [-0.4, -0.2) is 34.1 Å². The zero-order valence-electron chi connectivity index (χ0n) is 17.8. The van der Waals surface area contributed by atoms with Crippen molar-refractivity contribution in [3.05, 3.63) is 64.7 Å². The zero-order valence-corrected chi connectivity index (χ0v) is 18.7. The number of carbonyl (C=O) groups excluding carboxylic acids is 2. The smallest absolute Gasteiger partial charge is 0.412 e. The maximum atomic E-state index is 12.3. The third-order valence-corrected chi connectivity index (χ3v) is 5.08. The number of ether oxygens (including phenoxy) is 1. The first-order valence-electron chi connectivity index (χ1n) is 10.0. The van der Waals surface area contributed by atoms with E-state index in [1.165, 1.54) is 0 Å². The molecular formula is C23H26N4O3S. The molecule has 1 aromatic carbocycles. The fraction of sp³-hybridized carbons (Fsp3) is 0.304. The third kappa shape index (κ3) is 7.18. The second-order valence-corrected chi connectivity index (χ2v) is 8.87. The summed E-state index contributed by atoms with van der Waals surface area (Å²) >= 11 is 1.62. The number of hydrogen-bond acceptors (Lipinski definition) is 6. The summed E-state index contributed by atoms with van der Waals surface area (Å²) in [6, 6.07) is 10.6. The number of amides is 2. The molecule has 0 aliphatic carbocycles. The van der Waals surface area contributed by atoms with Crippen LogP contribution in [0.2, 0.25) is 0 Å². The lowest BCUT2D eigenvalue weighted by Gasteiger charge is -2.19. The van der Waals surface area contributed by atoms with Crippen molar-refractivity contribution in [3.8, 4) is 11.3 Å². The second-order valence-electron chi connectivity index (χ2n) is 7.93. The van der Waals surface area contributed by atoms with E-state index in [2.05, 4.69) is 20.6 Å². The molecule has 2 aromatic heterocycles. The van der Waals surface area contributed by atoms with Crippen molar-refractivity contribution >= 4 is 29.0 Å². The average Bonchev–Trinajstić information content (AvgIpc) is 3.20. The van der Waals surface area contributed by atoms with Crippen molar-refractivity contribution in [1.29, 1.82) is 0 Å². The van der Waals surface area contributed by atoms with Gasteiger partial charge < -0.3 is 10.1 Å². The summed E-state index contributed by atoms with van der Waals surface area (Å²) in [5.41, 5.74) is 2.54. The Morgan fingerprint density at radius 1 is 1.06 bits per heavy atom. The Hall–Kier alpha value is -3.26. The van der Waals surface area contributed by atoms with Gasteiger partial charge in [0.15, 0.2) is 0 Å². The van der Waals surface area contributed by atoms with Gasteiger partial charge in [0, 0.05) is 47.6 Å². The maximum absolute atomic E-state index is 12.3. The highest BCUT2D eigenvalue weighted by Gasteiger charge is 2.16. The van der Waals surface area contributed by atoms with E-state index < -0.39 is 11.7 Å². The highest BCUT2D eigenvalue weighted by atomic mass is 32.1. The van der Waals surface area contributed by atoms with Crippen LogP contribution in [0.4, 0.5) is 10.5 Å². The minimum absolute atomic E-state index is 0.152. The fourth-order valence-corrected chi connectivity index (χ4v) is 3.60. The van der Waals surface area contributed by atoms with Crippen LogP contribution in [0.3, 0.4) is 0 Å². The molecule has 0 unspecified atom stereocenters. The van der Waals surface area contributed by atoms with Crippen molar-refractivity contribution < 1.29 is 14.3 Å². The predicted octanol–water partition coefficient (Wildman–Crippen LogP) is 4.91. The standard InChI is InChI=1S/C23H26N4O3S/c1-23(2,3)30-22(29)26-18-8-6-17(7-9-18)21(28)25-12-4-5-20-27-19(15-31-20)16-10-13-24-14-11-16/h6-11,13-15H,4-5,12H2,1-3H3,(H,25,28)(H,26,29). The van der Waals surface area contributed by atoms with Crippen molar-refractivity contribution in [3.63, 3.8) is 0 Å². The molecule has 0 fully saturated rings. The molecule has 0 atom stereocenters. The van der Waals surface area contributed by atoms with Gasteiger partial charge in [0.1, 0.15) is 5.60 Å². The molecule has 0 radical (unpaired) electrons. The van der Waals surface area contributed by atoms with Crippen LogP contribution in [0.1, 0.15) is 42.6 Å². The van der Waals surface area contributed by atoms with Crippen LogP contribution >= 0.6 is 11.3 Å². The molecule has 3 rings (SSSR count). The Kier molecular flexibility index (Phi) is 7.36. The number of pyridine rings is 1. The van der Waals surface area contributed by atoms with E-state index in [1.54, 1.807) is 68.8 Å². The predicted molar refractivity (Wildman–Crippen MR) is 122 cm³/mol. The van der Waals surface area contributed by atoms with Gasteiger partial charge in [-0.25, -0.2) is 9.78 Å². The number of thiazole rings is 1. The summed E-state index contributed by atoms with van der Waals surface area (Å²) in [6.07, 6.45) is 4.58. The summed E-state index contributed by atoms with van der Waals surface area (Å²) < 4.78 is 5.21. The number of hydrogen-bond donors (Lipinski definition) is 2. The van der Waals surface area contributed by atoms with Crippen molar-refractivity contribution in [2.24, 2.45) is 0 Å². The molecule has 2 heterocycles. The largest absolute Gasteiger partial charge is 0.444 e. The van der Waals surface area contributed by atoms with E-state index >= 15 is 0 Å². The van der Waals surface area contributed by atoms with Gasteiger partial charge in [-0.1, -0.05) is 0 Å². The minimum Gasteiger partial charge on any atom is -0.444 e. The number of nitrogens with one attached hydrogen (secondary N) is 2. The van der Waals surface area contributed by atoms with Gasteiger partial charge in [-0.05, 0) is 63.6 Å². The maximum Gasteiger partial charge on any atom is 0.412 e. The number of aryl methyl sites for hydroxylation is 1. The van der Waals surface area contributed by atoms with Gasteiger partial charge in [-0.15, -0.1) is 11.3 Å². The highest BCUT2D eigenvalue weighted by molar-refractivity contribution is 7.09. The van der Waals surface area contributed by atoms with Crippen molar-refractivity contribution in [2.45, 2.75) is 39.2 Å². The molecule has 162 valence electrons. The molecular weight excluding hydrogens is 412 g/mol. The number of aromatic nitrogens is 2. The molecule has 0 aliphatic heterocycles. The Balaban J connectivity index is 1.42. The first kappa shape index (κ1) is 22.4. The SMILES string of the molecule is CC(C)(C)OC(=O)Nc1ccc(C(=O)NCCCc2nc(-c3ccncc3)cs2)cc1. The molecule has 3 aromatic rings. The van der Waals surface area contributed by atoms with E-state index in [4.69, 9.17) is 4.74 Å². The monoisotopic (exact) mass is 438 g/mol. The third-order valence-electron chi connectivity index (χ3n) is 4.17. The molecule has 0 aliphatic rings. The van der Waals surface area contributed by atoms with E-state index in [1.807, 2.05) is 17.5 Å². The average molecular weight is 439 g/mol. The Bertz CT molecular complexity index is 1010. The topological polar surface area (TPSA) is 93.2 Å². The molecule has 0 saturated heterocycles. The first-order chi connectivity index (χ1) is 14.8. The molecule has 8 heteroatoms. The number of anilines is 1. The van der Waals surface area contributed by atoms with Gasteiger partial charge in [-0.2, -0.15) is 0 Å². The number of benzene rings is 1. The van der Waals surface area contributed by atoms with Crippen LogP contribution in [0, 0.1) is 0 Å². The summed E-state index contributed by atoms with van der Waals surface area (Å²) in [7, 11) is 0. The van der Waals surface area contributed by atoms with Gasteiger partial charge in [-0.3, -0.25) is 15.1 Å². The molecule has 2 N–H and O–H groups in total.